The Morgan fingerprint density at radius 2 is 1.67 bits per heavy atom. The van der Waals surface area contributed by atoms with Crippen LogP contribution in [0.2, 0.25) is 0 Å². The molecule has 0 saturated heterocycles. The van der Waals surface area contributed by atoms with Crippen molar-refractivity contribution in [2.75, 3.05) is 13.2 Å². The predicted molar refractivity (Wildman–Crippen MR) is 73.3 cm³/mol. The first-order valence-corrected chi connectivity index (χ1v) is 7.12. The zero-order valence-electron chi connectivity index (χ0n) is 11.9. The van der Waals surface area contributed by atoms with E-state index in [9.17, 15) is 9.90 Å². The zero-order chi connectivity index (χ0) is 13.9. The van der Waals surface area contributed by atoms with Gasteiger partial charge in [0.1, 0.15) is 5.60 Å². The van der Waals surface area contributed by atoms with Crippen molar-refractivity contribution in [2.45, 2.75) is 70.8 Å². The number of aliphatic hydroxyl groups excluding tert-OH is 1. The van der Waals surface area contributed by atoms with Crippen molar-refractivity contribution in [3.05, 3.63) is 0 Å². The molecule has 0 radical (unpaired) electrons. The Hall–Kier alpha value is -0.610. The molecule has 0 aromatic heterocycles. The molecule has 0 aromatic carbocycles. The van der Waals surface area contributed by atoms with Crippen LogP contribution >= 0.6 is 0 Å². The number of carbonyl (C=O) groups excluding carboxylic acids is 1. The first-order chi connectivity index (χ1) is 8.52. The minimum absolute atomic E-state index is 0.0442. The summed E-state index contributed by atoms with van der Waals surface area (Å²) in [5.41, 5.74) is -1.21. The predicted octanol–water partition coefficient (Wildman–Crippen LogP) is 1.99. The monoisotopic (exact) mass is 259 g/mol. The van der Waals surface area contributed by atoms with Crippen LogP contribution in [-0.2, 0) is 4.79 Å². The molecule has 0 aliphatic rings. The number of rotatable bonds is 11. The van der Waals surface area contributed by atoms with Crippen molar-refractivity contribution >= 4 is 5.91 Å². The summed E-state index contributed by atoms with van der Waals surface area (Å²) in [6.45, 7) is 3.47. The lowest BCUT2D eigenvalue weighted by Gasteiger charge is -2.20. The molecule has 1 unspecified atom stereocenters. The molecule has 0 bridgehead atoms. The van der Waals surface area contributed by atoms with Crippen molar-refractivity contribution in [2.24, 2.45) is 0 Å². The van der Waals surface area contributed by atoms with Crippen LogP contribution in [0.15, 0.2) is 0 Å². The van der Waals surface area contributed by atoms with Crippen molar-refractivity contribution in [3.8, 4) is 0 Å². The molecule has 1 atom stereocenters. The third-order valence-electron chi connectivity index (χ3n) is 3.01. The van der Waals surface area contributed by atoms with Gasteiger partial charge in [-0.1, -0.05) is 45.4 Å². The third-order valence-corrected chi connectivity index (χ3v) is 3.01. The smallest absolute Gasteiger partial charge is 0.220 e. The Bertz CT molecular complexity index is 217. The van der Waals surface area contributed by atoms with Crippen molar-refractivity contribution in [1.29, 1.82) is 0 Å². The fraction of sp³-hybridized carbons (Fsp3) is 0.929. The first kappa shape index (κ1) is 17.4. The number of hydrogen-bond donors (Lipinski definition) is 3. The summed E-state index contributed by atoms with van der Waals surface area (Å²) in [5.74, 6) is -0.0442. The molecule has 0 spiro atoms. The molecule has 3 N–H and O–H groups in total. The second kappa shape index (κ2) is 10.3. The molecule has 4 nitrogen and oxygen atoms in total. The van der Waals surface area contributed by atoms with E-state index in [1.165, 1.54) is 39.0 Å². The SMILES string of the molecule is CCCCCCCCCC(=O)NCC(C)(O)CO. The van der Waals surface area contributed by atoms with E-state index in [1.54, 1.807) is 0 Å². The molecule has 108 valence electrons. The third kappa shape index (κ3) is 10.5. The lowest BCUT2D eigenvalue weighted by Crippen LogP contribution is -2.43. The highest BCUT2D eigenvalue weighted by Gasteiger charge is 2.19. The molecule has 4 heteroatoms. The van der Waals surface area contributed by atoms with Crippen molar-refractivity contribution in [1.82, 2.24) is 5.32 Å². The molecule has 0 aromatic rings. The highest BCUT2D eigenvalue weighted by molar-refractivity contribution is 5.75. The summed E-state index contributed by atoms with van der Waals surface area (Å²) >= 11 is 0. The number of hydrogen-bond acceptors (Lipinski definition) is 3. The van der Waals surface area contributed by atoms with E-state index in [1.807, 2.05) is 0 Å². The van der Waals surface area contributed by atoms with Crippen LogP contribution in [0.25, 0.3) is 0 Å². The van der Waals surface area contributed by atoms with Gasteiger partial charge in [-0.05, 0) is 13.3 Å². The van der Waals surface area contributed by atoms with Gasteiger partial charge in [-0.3, -0.25) is 4.79 Å². The van der Waals surface area contributed by atoms with Crippen LogP contribution in [0.1, 0.15) is 65.2 Å². The fourth-order valence-corrected chi connectivity index (χ4v) is 1.68. The lowest BCUT2D eigenvalue weighted by molar-refractivity contribution is -0.122. The Morgan fingerprint density at radius 1 is 1.11 bits per heavy atom. The standard InChI is InChI=1S/C14H29NO3/c1-3-4-5-6-7-8-9-10-13(17)15-11-14(2,18)12-16/h16,18H,3-12H2,1-2H3,(H,15,17). The van der Waals surface area contributed by atoms with E-state index in [0.29, 0.717) is 6.42 Å². The molecule has 1 amide bonds. The molecule has 0 fully saturated rings. The van der Waals surface area contributed by atoms with Crippen LogP contribution in [0.3, 0.4) is 0 Å². The van der Waals surface area contributed by atoms with Gasteiger partial charge >= 0.3 is 0 Å². The van der Waals surface area contributed by atoms with Crippen LogP contribution in [0, 0.1) is 0 Å². The van der Waals surface area contributed by atoms with Gasteiger partial charge in [-0.2, -0.15) is 0 Å². The van der Waals surface area contributed by atoms with Gasteiger partial charge in [0, 0.05) is 13.0 Å². The van der Waals surface area contributed by atoms with Gasteiger partial charge in [0.2, 0.25) is 5.91 Å². The average molecular weight is 259 g/mol. The second-order valence-corrected chi connectivity index (χ2v) is 5.30. The Morgan fingerprint density at radius 3 is 2.22 bits per heavy atom. The molecule has 0 rings (SSSR count). The summed E-state index contributed by atoms with van der Waals surface area (Å²) in [6, 6.07) is 0. The summed E-state index contributed by atoms with van der Waals surface area (Å²) < 4.78 is 0. The molecule has 0 aliphatic heterocycles. The van der Waals surface area contributed by atoms with E-state index >= 15 is 0 Å². The quantitative estimate of drug-likeness (QED) is 0.497. The number of aliphatic hydroxyl groups is 2. The van der Waals surface area contributed by atoms with Crippen LogP contribution in [0.5, 0.6) is 0 Å². The zero-order valence-corrected chi connectivity index (χ0v) is 11.9. The summed E-state index contributed by atoms with van der Waals surface area (Å²) in [5, 5.41) is 21.0. The highest BCUT2D eigenvalue weighted by Crippen LogP contribution is 2.08. The fourth-order valence-electron chi connectivity index (χ4n) is 1.68. The Kier molecular flexibility index (Phi) is 9.98. The van der Waals surface area contributed by atoms with Gasteiger partial charge in [-0.25, -0.2) is 0 Å². The number of nitrogens with one attached hydrogen (secondary N) is 1. The second-order valence-electron chi connectivity index (χ2n) is 5.30. The number of unbranched alkanes of at least 4 members (excludes halogenated alkanes) is 6. The molecular weight excluding hydrogens is 230 g/mol. The van der Waals surface area contributed by atoms with E-state index < -0.39 is 5.60 Å². The maximum absolute atomic E-state index is 11.4. The lowest BCUT2D eigenvalue weighted by atomic mass is 10.1. The largest absolute Gasteiger partial charge is 0.393 e. The van der Waals surface area contributed by atoms with Crippen LogP contribution < -0.4 is 5.32 Å². The summed E-state index contributed by atoms with van der Waals surface area (Å²) in [7, 11) is 0. The van der Waals surface area contributed by atoms with E-state index in [-0.39, 0.29) is 19.1 Å². The molecule has 0 aliphatic carbocycles. The van der Waals surface area contributed by atoms with Crippen molar-refractivity contribution in [3.63, 3.8) is 0 Å². The Labute approximate surface area is 111 Å². The molecular formula is C14H29NO3. The van der Waals surface area contributed by atoms with Gasteiger partial charge in [0.05, 0.1) is 6.61 Å². The summed E-state index contributed by atoms with van der Waals surface area (Å²) in [6.07, 6.45) is 8.81. The molecule has 0 saturated carbocycles. The topological polar surface area (TPSA) is 69.6 Å². The molecule has 0 heterocycles. The van der Waals surface area contributed by atoms with Gasteiger partial charge < -0.3 is 15.5 Å². The average Bonchev–Trinajstić information content (AvgIpc) is 2.35. The van der Waals surface area contributed by atoms with Crippen LogP contribution in [-0.4, -0.2) is 34.9 Å². The van der Waals surface area contributed by atoms with E-state index in [0.717, 1.165) is 12.8 Å². The first-order valence-electron chi connectivity index (χ1n) is 7.12. The van der Waals surface area contributed by atoms with Gasteiger partial charge in [0.15, 0.2) is 0 Å². The summed E-state index contributed by atoms with van der Waals surface area (Å²) in [4.78, 5) is 11.4. The number of carbonyl (C=O) groups is 1. The van der Waals surface area contributed by atoms with Crippen molar-refractivity contribution < 1.29 is 15.0 Å². The highest BCUT2D eigenvalue weighted by atomic mass is 16.3. The normalized spacial score (nSPS) is 14.2. The van der Waals surface area contributed by atoms with Gasteiger partial charge in [-0.15, -0.1) is 0 Å². The van der Waals surface area contributed by atoms with E-state index in [2.05, 4.69) is 12.2 Å². The Balaban J connectivity index is 3.38. The minimum Gasteiger partial charge on any atom is -0.393 e. The number of amides is 1. The maximum atomic E-state index is 11.4. The van der Waals surface area contributed by atoms with E-state index in [4.69, 9.17) is 5.11 Å². The van der Waals surface area contributed by atoms with Crippen LogP contribution in [0.4, 0.5) is 0 Å². The minimum atomic E-state index is -1.21. The van der Waals surface area contributed by atoms with Gasteiger partial charge in [0.25, 0.3) is 0 Å². The molecule has 18 heavy (non-hydrogen) atoms. The maximum Gasteiger partial charge on any atom is 0.220 e.